The monoisotopic (exact) mass is 270 g/mol. The molecule has 7 nitrogen and oxygen atoms in total. The first-order valence-electron chi connectivity index (χ1n) is 5.95. The lowest BCUT2D eigenvalue weighted by molar-refractivity contribution is -0.221. The van der Waals surface area contributed by atoms with E-state index in [-0.39, 0.29) is 0 Å². The smallest absolute Gasteiger partial charge is 0.157 e. The van der Waals surface area contributed by atoms with Crippen molar-refractivity contribution in [2.24, 2.45) is 0 Å². The van der Waals surface area contributed by atoms with Crippen molar-refractivity contribution in [3.63, 3.8) is 0 Å². The number of benzene rings is 1. The van der Waals surface area contributed by atoms with Crippen LogP contribution in [0.2, 0.25) is 0 Å². The molecule has 0 bridgehead atoms. The van der Waals surface area contributed by atoms with Crippen LogP contribution in [0.15, 0.2) is 24.3 Å². The number of nitrogens with two attached hydrogens (primary N) is 1. The quantitative estimate of drug-likeness (QED) is 0.368. The van der Waals surface area contributed by atoms with E-state index in [9.17, 15) is 15.3 Å². The molecule has 1 aliphatic rings. The van der Waals surface area contributed by atoms with Crippen molar-refractivity contribution >= 4 is 11.4 Å². The minimum absolute atomic E-state index is 0.454. The van der Waals surface area contributed by atoms with Crippen molar-refractivity contribution in [1.82, 2.24) is 0 Å². The summed E-state index contributed by atoms with van der Waals surface area (Å²) in [6.07, 6.45) is -5.92. The van der Waals surface area contributed by atoms with Gasteiger partial charge in [0.1, 0.15) is 24.4 Å². The normalized spacial score (nSPS) is 35.1. The number of hydrogen-bond acceptors (Lipinski definition) is 7. The number of rotatable bonds is 3. The maximum Gasteiger partial charge on any atom is 0.157 e. The van der Waals surface area contributed by atoms with Crippen LogP contribution in [0, 0.1) is 0 Å². The first-order valence-corrected chi connectivity index (χ1v) is 5.95. The van der Waals surface area contributed by atoms with Gasteiger partial charge >= 0.3 is 0 Å². The average molecular weight is 270 g/mol. The van der Waals surface area contributed by atoms with E-state index in [4.69, 9.17) is 15.6 Å². The highest BCUT2D eigenvalue weighted by Gasteiger charge is 2.43. The van der Waals surface area contributed by atoms with Crippen molar-refractivity contribution < 1.29 is 25.2 Å². The van der Waals surface area contributed by atoms with Gasteiger partial charge in [-0.2, -0.15) is 0 Å². The molecular weight excluding hydrogens is 252 g/mol. The van der Waals surface area contributed by atoms with E-state index >= 15 is 0 Å². The lowest BCUT2D eigenvalue weighted by atomic mass is 9.98. The van der Waals surface area contributed by atoms with Crippen LogP contribution in [0.5, 0.6) is 0 Å². The molecule has 19 heavy (non-hydrogen) atoms. The number of anilines is 2. The highest BCUT2D eigenvalue weighted by Crippen LogP contribution is 2.23. The minimum atomic E-state index is -1.39. The predicted octanol–water partition coefficient (Wildman–Crippen LogP) is -1.52. The fraction of sp³-hybridized carbons (Fsp3) is 0.500. The standard InChI is InChI=1S/C12H18N2O5/c13-6-1-3-7(4-2-6)14-12-11(18)10(17)9(16)8(5-15)19-12/h1-4,8-12,14-18H,5,13H2/t8-,9-,10+,11-,12-/m1/s1. The molecule has 0 radical (unpaired) electrons. The summed E-state index contributed by atoms with van der Waals surface area (Å²) in [5.74, 6) is 0. The van der Waals surface area contributed by atoms with Gasteiger partial charge in [-0.3, -0.25) is 0 Å². The van der Waals surface area contributed by atoms with Crippen molar-refractivity contribution in [1.29, 1.82) is 0 Å². The lowest BCUT2D eigenvalue weighted by Gasteiger charge is -2.40. The molecule has 0 unspecified atom stereocenters. The Morgan fingerprint density at radius 2 is 1.68 bits per heavy atom. The average Bonchev–Trinajstić information content (AvgIpc) is 2.42. The molecule has 1 saturated heterocycles. The fourth-order valence-corrected chi connectivity index (χ4v) is 1.96. The molecule has 1 fully saturated rings. The zero-order valence-corrected chi connectivity index (χ0v) is 10.2. The Labute approximate surface area is 110 Å². The number of nitrogen functional groups attached to an aromatic ring is 1. The highest BCUT2D eigenvalue weighted by molar-refractivity contribution is 5.51. The molecule has 7 heteroatoms. The summed E-state index contributed by atoms with van der Waals surface area (Å²) in [5.41, 5.74) is 6.79. The summed E-state index contributed by atoms with van der Waals surface area (Å²) >= 11 is 0. The van der Waals surface area contributed by atoms with Crippen LogP contribution in [0.25, 0.3) is 0 Å². The van der Waals surface area contributed by atoms with Crippen molar-refractivity contribution in [3.8, 4) is 0 Å². The first-order chi connectivity index (χ1) is 9.02. The molecule has 1 aromatic carbocycles. The lowest BCUT2D eigenvalue weighted by Crippen LogP contribution is -2.60. The van der Waals surface area contributed by atoms with Gasteiger partial charge in [-0.05, 0) is 24.3 Å². The molecule has 0 aliphatic carbocycles. The number of hydrogen-bond donors (Lipinski definition) is 6. The van der Waals surface area contributed by atoms with Gasteiger partial charge in [-0.15, -0.1) is 0 Å². The van der Waals surface area contributed by atoms with E-state index in [1.807, 2.05) is 0 Å². The third-order valence-corrected chi connectivity index (χ3v) is 3.11. The molecule has 0 spiro atoms. The van der Waals surface area contributed by atoms with Crippen molar-refractivity contribution in [3.05, 3.63) is 24.3 Å². The Morgan fingerprint density at radius 3 is 2.26 bits per heavy atom. The van der Waals surface area contributed by atoms with Gasteiger partial charge in [-0.25, -0.2) is 0 Å². The molecule has 0 aromatic heterocycles. The fourth-order valence-electron chi connectivity index (χ4n) is 1.96. The second kappa shape index (κ2) is 5.72. The van der Waals surface area contributed by atoms with Crippen LogP contribution in [0.1, 0.15) is 0 Å². The Balaban J connectivity index is 2.08. The van der Waals surface area contributed by atoms with Gasteiger partial charge in [0, 0.05) is 11.4 Å². The predicted molar refractivity (Wildman–Crippen MR) is 68.2 cm³/mol. The Bertz CT molecular complexity index is 411. The Kier molecular flexibility index (Phi) is 4.23. The topological polar surface area (TPSA) is 128 Å². The van der Waals surface area contributed by atoms with Crippen LogP contribution >= 0.6 is 0 Å². The van der Waals surface area contributed by atoms with Gasteiger partial charge in [0.25, 0.3) is 0 Å². The molecule has 7 N–H and O–H groups in total. The summed E-state index contributed by atoms with van der Waals surface area (Å²) in [6, 6.07) is 6.73. The second-order valence-corrected chi connectivity index (χ2v) is 4.52. The third kappa shape index (κ3) is 2.96. The van der Waals surface area contributed by atoms with Gasteiger partial charge < -0.3 is 36.2 Å². The SMILES string of the molecule is Nc1ccc(N[C@@H]2O[C@H](CO)[C@@H](O)[C@H](O)[C@H]2O)cc1. The van der Waals surface area contributed by atoms with Gasteiger partial charge in [0.15, 0.2) is 6.23 Å². The van der Waals surface area contributed by atoms with E-state index in [1.165, 1.54) is 0 Å². The summed E-state index contributed by atoms with van der Waals surface area (Å²) in [7, 11) is 0. The maximum atomic E-state index is 9.83. The van der Waals surface area contributed by atoms with Crippen LogP contribution in [-0.2, 0) is 4.74 Å². The van der Waals surface area contributed by atoms with E-state index in [1.54, 1.807) is 24.3 Å². The van der Waals surface area contributed by atoms with E-state index in [0.29, 0.717) is 11.4 Å². The summed E-state index contributed by atoms with van der Waals surface area (Å²) < 4.78 is 5.31. The molecular formula is C12H18N2O5. The molecule has 1 heterocycles. The zero-order valence-electron chi connectivity index (χ0n) is 10.2. The highest BCUT2D eigenvalue weighted by atomic mass is 16.6. The van der Waals surface area contributed by atoms with E-state index in [2.05, 4.69) is 5.32 Å². The van der Waals surface area contributed by atoms with Crippen LogP contribution in [0.3, 0.4) is 0 Å². The third-order valence-electron chi connectivity index (χ3n) is 3.11. The Morgan fingerprint density at radius 1 is 1.05 bits per heavy atom. The molecule has 5 atom stereocenters. The molecule has 0 amide bonds. The summed E-state index contributed by atoms with van der Waals surface area (Å²) in [5, 5.41) is 41.0. The largest absolute Gasteiger partial charge is 0.399 e. The maximum absolute atomic E-state index is 9.83. The summed E-state index contributed by atoms with van der Waals surface area (Å²) in [4.78, 5) is 0. The van der Waals surface area contributed by atoms with Crippen LogP contribution in [0.4, 0.5) is 11.4 Å². The molecule has 106 valence electrons. The van der Waals surface area contributed by atoms with Crippen LogP contribution in [-0.4, -0.2) is 57.7 Å². The molecule has 1 aromatic rings. The van der Waals surface area contributed by atoms with E-state index < -0.39 is 37.3 Å². The Hall–Kier alpha value is -1.38. The second-order valence-electron chi connectivity index (χ2n) is 4.52. The number of aliphatic hydroxyl groups is 4. The van der Waals surface area contributed by atoms with Crippen molar-refractivity contribution in [2.45, 2.75) is 30.6 Å². The number of nitrogens with one attached hydrogen (secondary N) is 1. The van der Waals surface area contributed by atoms with Gasteiger partial charge in [0.05, 0.1) is 6.61 Å². The van der Waals surface area contributed by atoms with Crippen LogP contribution < -0.4 is 11.1 Å². The molecule has 1 aliphatic heterocycles. The molecule has 2 rings (SSSR count). The van der Waals surface area contributed by atoms with Gasteiger partial charge in [0.2, 0.25) is 0 Å². The minimum Gasteiger partial charge on any atom is -0.399 e. The van der Waals surface area contributed by atoms with Gasteiger partial charge in [-0.1, -0.05) is 0 Å². The molecule has 0 saturated carbocycles. The zero-order chi connectivity index (χ0) is 14.0. The first kappa shape index (κ1) is 14.0. The van der Waals surface area contributed by atoms with Crippen molar-refractivity contribution in [2.75, 3.05) is 17.7 Å². The summed E-state index contributed by atoms with van der Waals surface area (Å²) in [6.45, 7) is -0.454. The number of aliphatic hydroxyl groups excluding tert-OH is 4. The number of ether oxygens (including phenoxy) is 1. The van der Waals surface area contributed by atoms with E-state index in [0.717, 1.165) is 0 Å².